The van der Waals surface area contributed by atoms with Gasteiger partial charge in [-0.1, -0.05) is 13.3 Å². The first-order valence-electron chi connectivity index (χ1n) is 9.89. The maximum absolute atomic E-state index is 12.2. The van der Waals surface area contributed by atoms with Gasteiger partial charge in [0, 0.05) is 6.42 Å². The quantitative estimate of drug-likeness (QED) is 0.680. The topological polar surface area (TPSA) is 56.8 Å². The Morgan fingerprint density at radius 1 is 1.12 bits per heavy atom. The minimum atomic E-state index is 0.0149. The summed E-state index contributed by atoms with van der Waals surface area (Å²) >= 11 is 0. The third-order valence-corrected chi connectivity index (χ3v) is 4.41. The number of benzene rings is 1. The molecular formula is C21H33NO4. The molecule has 0 spiro atoms. The molecule has 0 saturated heterocycles. The molecule has 26 heavy (non-hydrogen) atoms. The Kier molecular flexibility index (Phi) is 8.75. The molecule has 5 nitrogen and oxygen atoms in total. The lowest BCUT2D eigenvalue weighted by Crippen LogP contribution is -2.47. The second-order valence-corrected chi connectivity index (χ2v) is 7.10. The standard InChI is InChI=1S/C21H33NO4/c1-4-14-25-17-9-11-18(12-10-17)26-20-8-6-5-7-19(20)22-21(23)13-15-24-16(2)3/h9-12,16,19-20H,4-8,13-15H2,1-3H3,(H,22,23)/t19-,20-/m1/s1. The zero-order valence-corrected chi connectivity index (χ0v) is 16.3. The lowest BCUT2D eigenvalue weighted by molar-refractivity contribution is -0.124. The molecule has 1 fully saturated rings. The van der Waals surface area contributed by atoms with Crippen LogP contribution in [0.5, 0.6) is 11.5 Å². The second kappa shape index (κ2) is 11.1. The van der Waals surface area contributed by atoms with Gasteiger partial charge in [0.05, 0.1) is 25.4 Å². The number of ether oxygens (including phenoxy) is 3. The van der Waals surface area contributed by atoms with Gasteiger partial charge in [-0.15, -0.1) is 0 Å². The molecule has 1 aliphatic rings. The highest BCUT2D eigenvalue weighted by molar-refractivity contribution is 5.76. The Morgan fingerprint density at radius 3 is 2.50 bits per heavy atom. The first kappa shape index (κ1) is 20.6. The molecule has 2 rings (SSSR count). The van der Waals surface area contributed by atoms with Crippen molar-refractivity contribution in [2.45, 2.75) is 77.5 Å². The van der Waals surface area contributed by atoms with E-state index in [1.807, 2.05) is 38.1 Å². The van der Waals surface area contributed by atoms with E-state index in [0.29, 0.717) is 13.0 Å². The highest BCUT2D eigenvalue weighted by Crippen LogP contribution is 2.25. The number of carbonyl (C=O) groups is 1. The van der Waals surface area contributed by atoms with Crippen molar-refractivity contribution in [1.82, 2.24) is 5.32 Å². The molecule has 1 amide bonds. The van der Waals surface area contributed by atoms with E-state index in [0.717, 1.165) is 50.2 Å². The molecule has 1 saturated carbocycles. The van der Waals surface area contributed by atoms with Crippen LogP contribution in [0.2, 0.25) is 0 Å². The number of nitrogens with one attached hydrogen (secondary N) is 1. The number of amides is 1. The SMILES string of the molecule is CCCOc1ccc(O[C@@H]2CCCC[C@H]2NC(=O)CCOC(C)C)cc1. The third kappa shape index (κ3) is 7.24. The minimum absolute atomic E-state index is 0.0149. The van der Waals surface area contributed by atoms with Crippen molar-refractivity contribution in [3.05, 3.63) is 24.3 Å². The summed E-state index contributed by atoms with van der Waals surface area (Å²) in [6.07, 6.45) is 5.72. The maximum Gasteiger partial charge on any atom is 0.222 e. The average molecular weight is 363 g/mol. The van der Waals surface area contributed by atoms with Crippen molar-refractivity contribution in [2.24, 2.45) is 0 Å². The Labute approximate surface area is 157 Å². The average Bonchev–Trinajstić information content (AvgIpc) is 2.62. The molecule has 0 aromatic heterocycles. The number of rotatable bonds is 10. The van der Waals surface area contributed by atoms with E-state index in [1.54, 1.807) is 0 Å². The summed E-state index contributed by atoms with van der Waals surface area (Å²) in [7, 11) is 0. The zero-order valence-electron chi connectivity index (χ0n) is 16.3. The first-order chi connectivity index (χ1) is 12.6. The Morgan fingerprint density at radius 2 is 1.81 bits per heavy atom. The van der Waals surface area contributed by atoms with E-state index in [-0.39, 0.29) is 24.2 Å². The van der Waals surface area contributed by atoms with Gasteiger partial charge in [-0.3, -0.25) is 4.79 Å². The number of hydrogen-bond acceptors (Lipinski definition) is 4. The molecule has 1 N–H and O–H groups in total. The highest BCUT2D eigenvalue weighted by Gasteiger charge is 2.28. The molecule has 0 heterocycles. The normalized spacial score (nSPS) is 20.0. The molecule has 1 aromatic carbocycles. The van der Waals surface area contributed by atoms with Gasteiger partial charge >= 0.3 is 0 Å². The fraction of sp³-hybridized carbons (Fsp3) is 0.667. The lowest BCUT2D eigenvalue weighted by Gasteiger charge is -2.32. The Hall–Kier alpha value is -1.75. The van der Waals surface area contributed by atoms with E-state index >= 15 is 0 Å². The van der Waals surface area contributed by atoms with Crippen LogP contribution in [0.25, 0.3) is 0 Å². The van der Waals surface area contributed by atoms with Crippen molar-refractivity contribution in [3.63, 3.8) is 0 Å². The summed E-state index contributed by atoms with van der Waals surface area (Å²) in [5.41, 5.74) is 0. The van der Waals surface area contributed by atoms with E-state index in [4.69, 9.17) is 14.2 Å². The van der Waals surface area contributed by atoms with E-state index < -0.39 is 0 Å². The summed E-state index contributed by atoms with van der Waals surface area (Å²) in [4.78, 5) is 12.2. The fourth-order valence-electron chi connectivity index (χ4n) is 3.08. The molecule has 0 unspecified atom stereocenters. The van der Waals surface area contributed by atoms with Gasteiger partial charge in [0.15, 0.2) is 0 Å². The summed E-state index contributed by atoms with van der Waals surface area (Å²) in [6, 6.07) is 7.81. The Bertz CT molecular complexity index is 529. The van der Waals surface area contributed by atoms with Crippen molar-refractivity contribution < 1.29 is 19.0 Å². The molecule has 1 aliphatic carbocycles. The molecule has 146 valence electrons. The second-order valence-electron chi connectivity index (χ2n) is 7.10. The highest BCUT2D eigenvalue weighted by atomic mass is 16.5. The van der Waals surface area contributed by atoms with Crippen molar-refractivity contribution in [3.8, 4) is 11.5 Å². The summed E-state index contributed by atoms with van der Waals surface area (Å²) in [5.74, 6) is 1.72. The van der Waals surface area contributed by atoms with Crippen LogP contribution in [0.4, 0.5) is 0 Å². The van der Waals surface area contributed by atoms with Gasteiger partial charge in [-0.2, -0.15) is 0 Å². The van der Waals surface area contributed by atoms with Crippen LogP contribution in [0.15, 0.2) is 24.3 Å². The molecule has 0 bridgehead atoms. The molecule has 0 aliphatic heterocycles. The van der Waals surface area contributed by atoms with Gasteiger partial charge in [-0.25, -0.2) is 0 Å². The van der Waals surface area contributed by atoms with Crippen LogP contribution in [0, 0.1) is 0 Å². The number of carbonyl (C=O) groups excluding carboxylic acids is 1. The van der Waals surface area contributed by atoms with Crippen LogP contribution >= 0.6 is 0 Å². The maximum atomic E-state index is 12.2. The molecule has 5 heteroatoms. The van der Waals surface area contributed by atoms with Crippen LogP contribution in [0.1, 0.15) is 59.3 Å². The van der Waals surface area contributed by atoms with Gasteiger partial charge in [0.1, 0.15) is 17.6 Å². The summed E-state index contributed by atoms with van der Waals surface area (Å²) in [5, 5.41) is 3.13. The van der Waals surface area contributed by atoms with Crippen LogP contribution < -0.4 is 14.8 Å². The van der Waals surface area contributed by atoms with E-state index in [9.17, 15) is 4.79 Å². The Balaban J connectivity index is 1.84. The van der Waals surface area contributed by atoms with E-state index in [2.05, 4.69) is 12.2 Å². The van der Waals surface area contributed by atoms with Gasteiger partial charge in [0.25, 0.3) is 0 Å². The monoisotopic (exact) mass is 363 g/mol. The third-order valence-electron chi connectivity index (χ3n) is 4.41. The van der Waals surface area contributed by atoms with Crippen molar-refractivity contribution >= 4 is 5.91 Å². The van der Waals surface area contributed by atoms with Crippen LogP contribution in [-0.4, -0.2) is 37.4 Å². The summed E-state index contributed by atoms with van der Waals surface area (Å²) in [6.45, 7) is 7.21. The largest absolute Gasteiger partial charge is 0.494 e. The van der Waals surface area contributed by atoms with E-state index in [1.165, 1.54) is 0 Å². The minimum Gasteiger partial charge on any atom is -0.494 e. The van der Waals surface area contributed by atoms with Gasteiger partial charge in [0.2, 0.25) is 5.91 Å². The smallest absolute Gasteiger partial charge is 0.222 e. The molecule has 0 radical (unpaired) electrons. The first-order valence-corrected chi connectivity index (χ1v) is 9.89. The number of hydrogen-bond donors (Lipinski definition) is 1. The van der Waals surface area contributed by atoms with Crippen LogP contribution in [0.3, 0.4) is 0 Å². The van der Waals surface area contributed by atoms with Gasteiger partial charge in [-0.05, 0) is 63.8 Å². The fourth-order valence-corrected chi connectivity index (χ4v) is 3.08. The predicted octanol–water partition coefficient (Wildman–Crippen LogP) is 4.10. The predicted molar refractivity (Wildman–Crippen MR) is 103 cm³/mol. The molecule has 2 atom stereocenters. The zero-order chi connectivity index (χ0) is 18.8. The summed E-state index contributed by atoms with van der Waals surface area (Å²) < 4.78 is 17.2. The lowest BCUT2D eigenvalue weighted by atomic mass is 9.92. The van der Waals surface area contributed by atoms with Crippen molar-refractivity contribution in [2.75, 3.05) is 13.2 Å². The van der Waals surface area contributed by atoms with Gasteiger partial charge < -0.3 is 19.5 Å². The van der Waals surface area contributed by atoms with Crippen molar-refractivity contribution in [1.29, 1.82) is 0 Å². The molecular weight excluding hydrogens is 330 g/mol. The molecule has 1 aromatic rings. The van der Waals surface area contributed by atoms with Crippen LogP contribution in [-0.2, 0) is 9.53 Å².